The van der Waals surface area contributed by atoms with Crippen molar-refractivity contribution in [3.8, 4) is 11.5 Å². The van der Waals surface area contributed by atoms with Gasteiger partial charge in [0.2, 0.25) is 0 Å². The number of allylic oxidation sites excluding steroid dienone is 1. The van der Waals surface area contributed by atoms with Gasteiger partial charge in [0.1, 0.15) is 23.3 Å². The Morgan fingerprint density at radius 2 is 1.82 bits per heavy atom. The predicted octanol–water partition coefficient (Wildman–Crippen LogP) is 6.96. The molecule has 9 heteroatoms. The summed E-state index contributed by atoms with van der Waals surface area (Å²) in [6.45, 7) is 3.87. The van der Waals surface area contributed by atoms with Crippen LogP contribution in [0.25, 0.3) is 10.8 Å². The van der Waals surface area contributed by atoms with Crippen LogP contribution in [0.5, 0.6) is 11.5 Å². The Kier molecular flexibility index (Phi) is 8.09. The van der Waals surface area contributed by atoms with Crippen molar-refractivity contribution in [3.63, 3.8) is 0 Å². The van der Waals surface area contributed by atoms with E-state index < -0.39 is 12.1 Å². The highest BCUT2D eigenvalue weighted by Crippen LogP contribution is 2.48. The number of halogens is 1. The van der Waals surface area contributed by atoms with Crippen LogP contribution in [0.1, 0.15) is 42.3 Å². The monoisotopic (exact) mass is 484 g/mol. The van der Waals surface area contributed by atoms with Crippen molar-refractivity contribution >= 4 is 39.7 Å². The number of fused-ring (bicyclic) bond motifs is 1. The molecule has 1 unspecified atom stereocenters. The second-order valence-corrected chi connectivity index (χ2v) is 8.14. The Balaban J connectivity index is 2.24. The van der Waals surface area contributed by atoms with Gasteiger partial charge in [0.15, 0.2) is 0 Å². The fourth-order valence-electron chi connectivity index (χ4n) is 3.65. The van der Waals surface area contributed by atoms with Crippen molar-refractivity contribution in [1.82, 2.24) is 0 Å². The highest BCUT2D eigenvalue weighted by Gasteiger charge is 2.27. The van der Waals surface area contributed by atoms with Crippen LogP contribution < -0.4 is 15.0 Å². The molecule has 178 valence electrons. The lowest BCUT2D eigenvalue weighted by molar-refractivity contribution is 0.0298. The second-order valence-electron chi connectivity index (χ2n) is 7.70. The summed E-state index contributed by atoms with van der Waals surface area (Å²) in [5, 5.41) is 14.0. The zero-order valence-electron chi connectivity index (χ0n) is 19.2. The number of nitrogens with one attached hydrogen (secondary N) is 1. The molecule has 0 aliphatic rings. The molecular weight excluding hydrogens is 460 g/mol. The Hall–Kier alpha value is -3.62. The molecule has 3 rings (SSSR count). The maximum Gasteiger partial charge on any atom is 0.338 e. The fourth-order valence-corrected chi connectivity index (χ4v) is 3.78. The van der Waals surface area contributed by atoms with E-state index in [4.69, 9.17) is 25.8 Å². The first-order valence-corrected chi connectivity index (χ1v) is 10.8. The molecule has 0 saturated carbocycles. The third-order valence-electron chi connectivity index (χ3n) is 5.26. The highest BCUT2D eigenvalue weighted by atomic mass is 35.5. The Labute approximate surface area is 202 Å². The minimum Gasteiger partial charge on any atom is -0.496 e. The predicted molar refractivity (Wildman–Crippen MR) is 132 cm³/mol. The van der Waals surface area contributed by atoms with Crippen molar-refractivity contribution in [3.05, 3.63) is 75.2 Å². The molecule has 0 aliphatic heterocycles. The number of hydrogen-bond donors (Lipinski definition) is 2. The number of anilines is 1. The van der Waals surface area contributed by atoms with Crippen molar-refractivity contribution in [2.24, 2.45) is 5.18 Å². The molecular formula is C25H25ClN2O6. The Morgan fingerprint density at radius 1 is 1.12 bits per heavy atom. The van der Waals surface area contributed by atoms with Crippen molar-refractivity contribution in [2.45, 2.75) is 26.4 Å². The van der Waals surface area contributed by atoms with Crippen LogP contribution >= 0.6 is 11.6 Å². The summed E-state index contributed by atoms with van der Waals surface area (Å²) in [5.41, 5.74) is 4.32. The summed E-state index contributed by atoms with van der Waals surface area (Å²) in [4.78, 5) is 24.6. The number of ether oxygens (including phenoxy) is 3. The van der Waals surface area contributed by atoms with Crippen molar-refractivity contribution < 1.29 is 24.2 Å². The lowest BCUT2D eigenvalue weighted by Gasteiger charge is -2.23. The van der Waals surface area contributed by atoms with Gasteiger partial charge in [-0.25, -0.2) is 4.79 Å². The van der Waals surface area contributed by atoms with Crippen LogP contribution in [-0.2, 0) is 4.74 Å². The number of methoxy groups -OCH3 is 2. The molecule has 0 bridgehead atoms. The van der Waals surface area contributed by atoms with E-state index in [1.54, 1.807) is 30.3 Å². The standard InChI is InChI=1S/C25H25ClN2O6/c1-14(2)5-12-20(34-25(29)15-6-8-16(26)9-7-15)17-13-21(32-3)22-18(27-30)10-11-19(28-31)23(22)24(17)33-4/h5-11,13,20,27,30H,12H2,1-4H3. The number of hydrogen-bond acceptors (Lipinski definition) is 8. The van der Waals surface area contributed by atoms with Gasteiger partial charge in [0.25, 0.3) is 0 Å². The van der Waals surface area contributed by atoms with E-state index in [2.05, 4.69) is 10.7 Å². The third kappa shape index (κ3) is 5.13. The van der Waals surface area contributed by atoms with Gasteiger partial charge in [-0.05, 0) is 61.5 Å². The van der Waals surface area contributed by atoms with E-state index in [0.717, 1.165) is 5.57 Å². The van der Waals surface area contributed by atoms with Gasteiger partial charge in [0, 0.05) is 17.0 Å². The van der Waals surface area contributed by atoms with Gasteiger partial charge in [-0.3, -0.25) is 10.7 Å². The van der Waals surface area contributed by atoms with E-state index in [0.29, 0.717) is 44.8 Å². The van der Waals surface area contributed by atoms with Gasteiger partial charge >= 0.3 is 5.97 Å². The topological polar surface area (TPSA) is 106 Å². The van der Waals surface area contributed by atoms with Gasteiger partial charge in [0.05, 0.1) is 36.2 Å². The van der Waals surface area contributed by atoms with Crippen LogP contribution in [0.2, 0.25) is 5.02 Å². The first kappa shape index (κ1) is 25.0. The molecule has 0 amide bonds. The Morgan fingerprint density at radius 3 is 2.38 bits per heavy atom. The smallest absolute Gasteiger partial charge is 0.338 e. The third-order valence-corrected chi connectivity index (χ3v) is 5.52. The van der Waals surface area contributed by atoms with Crippen LogP contribution in [-0.4, -0.2) is 25.4 Å². The average Bonchev–Trinajstić information content (AvgIpc) is 2.84. The zero-order valence-corrected chi connectivity index (χ0v) is 20.0. The van der Waals surface area contributed by atoms with Crippen molar-refractivity contribution in [1.29, 1.82) is 0 Å². The van der Waals surface area contributed by atoms with Crippen LogP contribution in [0, 0.1) is 4.91 Å². The number of carbonyl (C=O) groups excluding carboxylic acids is 1. The maximum absolute atomic E-state index is 13.0. The number of nitroso groups, excluding NO2 is 1. The number of carbonyl (C=O) groups is 1. The quantitative estimate of drug-likeness (QED) is 0.146. The summed E-state index contributed by atoms with van der Waals surface area (Å²) in [5.74, 6) is 0.0561. The number of benzene rings is 3. The summed E-state index contributed by atoms with van der Waals surface area (Å²) in [6, 6.07) is 11.0. The molecule has 0 heterocycles. The van der Waals surface area contributed by atoms with Crippen LogP contribution in [0.4, 0.5) is 11.4 Å². The molecule has 1 atom stereocenters. The molecule has 0 saturated heterocycles. The van der Waals surface area contributed by atoms with Crippen LogP contribution in [0.3, 0.4) is 0 Å². The molecule has 0 aromatic heterocycles. The molecule has 2 N–H and O–H groups in total. The molecule has 0 radical (unpaired) electrons. The summed E-state index contributed by atoms with van der Waals surface area (Å²) in [6.07, 6.45) is 1.49. The number of rotatable bonds is 9. The first-order chi connectivity index (χ1) is 16.3. The largest absolute Gasteiger partial charge is 0.496 e. The molecule has 34 heavy (non-hydrogen) atoms. The second kappa shape index (κ2) is 11.0. The molecule has 0 spiro atoms. The van der Waals surface area contributed by atoms with E-state index in [1.807, 2.05) is 19.9 Å². The van der Waals surface area contributed by atoms with Crippen LogP contribution in [0.15, 0.2) is 59.3 Å². The van der Waals surface area contributed by atoms with Crippen molar-refractivity contribution in [2.75, 3.05) is 19.7 Å². The molecule has 3 aromatic rings. The first-order valence-electron chi connectivity index (χ1n) is 10.4. The van der Waals surface area contributed by atoms with E-state index in [-0.39, 0.29) is 11.4 Å². The minimum absolute atomic E-state index is 0.0796. The highest BCUT2D eigenvalue weighted by molar-refractivity contribution is 6.30. The average molecular weight is 485 g/mol. The van der Waals surface area contributed by atoms with E-state index >= 15 is 0 Å². The maximum atomic E-state index is 13.0. The number of esters is 1. The van der Waals surface area contributed by atoms with Gasteiger partial charge in [-0.1, -0.05) is 23.3 Å². The molecule has 0 fully saturated rings. The summed E-state index contributed by atoms with van der Waals surface area (Å²) >= 11 is 5.94. The molecule has 8 nitrogen and oxygen atoms in total. The minimum atomic E-state index is -0.781. The van der Waals surface area contributed by atoms with E-state index in [9.17, 15) is 14.9 Å². The summed E-state index contributed by atoms with van der Waals surface area (Å²) in [7, 11) is 2.90. The lowest BCUT2D eigenvalue weighted by Crippen LogP contribution is -2.13. The number of nitrogens with zero attached hydrogens (tertiary/aromatic N) is 1. The normalized spacial score (nSPS) is 11.5. The molecule has 3 aromatic carbocycles. The van der Waals surface area contributed by atoms with Gasteiger partial charge in [-0.2, -0.15) is 0 Å². The van der Waals surface area contributed by atoms with E-state index in [1.165, 1.54) is 26.4 Å². The fraction of sp³-hybridized carbons (Fsp3) is 0.240. The Bertz CT molecular complexity index is 1240. The van der Waals surface area contributed by atoms with Gasteiger partial charge in [-0.15, -0.1) is 4.91 Å². The summed E-state index contributed by atoms with van der Waals surface area (Å²) < 4.78 is 17.2. The van der Waals surface area contributed by atoms with Gasteiger partial charge < -0.3 is 14.2 Å². The molecule has 0 aliphatic carbocycles. The lowest BCUT2D eigenvalue weighted by atomic mass is 9.96. The zero-order chi connectivity index (χ0) is 24.8. The SMILES string of the molecule is COc1cc(C(CC=C(C)C)OC(=O)c2ccc(Cl)cc2)c(OC)c2c(N=O)ccc(NO)c12.